The minimum absolute atomic E-state index is 0.122. The summed E-state index contributed by atoms with van der Waals surface area (Å²) < 4.78 is 12.3. The largest absolute Gasteiger partial charge is 0.355 e. The van der Waals surface area contributed by atoms with Crippen molar-refractivity contribution < 1.29 is 9.47 Å². The van der Waals surface area contributed by atoms with E-state index < -0.39 is 0 Å². The van der Waals surface area contributed by atoms with Crippen LogP contribution in [0, 0.1) is 0 Å². The second-order valence-corrected chi connectivity index (χ2v) is 3.41. The maximum Gasteiger partial charge on any atom is 0.169 e. The maximum atomic E-state index is 5.48. The number of nitrogens with one attached hydrogen (secondary N) is 1. The van der Waals surface area contributed by atoms with Gasteiger partial charge in [0.15, 0.2) is 6.29 Å². The first-order valence-electron chi connectivity index (χ1n) is 4.66. The molecule has 1 fully saturated rings. The fraction of sp³-hybridized carbons (Fsp3) is 0.667. The smallest absolute Gasteiger partial charge is 0.169 e. The molecule has 78 valence electrons. The Labute approximate surface area is 83.0 Å². The summed E-state index contributed by atoms with van der Waals surface area (Å²) >= 11 is 0. The molecule has 0 aromatic carbocycles. The number of rotatable bonds is 2. The van der Waals surface area contributed by atoms with Gasteiger partial charge in [-0.1, -0.05) is 0 Å². The summed E-state index contributed by atoms with van der Waals surface area (Å²) in [5.74, 6) is 0. The molecule has 2 unspecified atom stereocenters. The number of aromatic nitrogens is 2. The van der Waals surface area contributed by atoms with Gasteiger partial charge in [0.25, 0.3) is 0 Å². The van der Waals surface area contributed by atoms with Crippen LogP contribution in [0.15, 0.2) is 12.4 Å². The molecule has 1 aliphatic rings. The molecule has 2 atom stereocenters. The molecule has 2 heterocycles. The number of morpholine rings is 1. The maximum absolute atomic E-state index is 5.48. The molecule has 1 aromatic heterocycles. The highest BCUT2D eigenvalue weighted by Gasteiger charge is 2.22. The van der Waals surface area contributed by atoms with Crippen molar-refractivity contribution >= 4 is 0 Å². The van der Waals surface area contributed by atoms with Crippen LogP contribution in [0.25, 0.3) is 0 Å². The molecule has 0 bridgehead atoms. The highest BCUT2D eigenvalue weighted by Crippen LogP contribution is 2.16. The van der Waals surface area contributed by atoms with E-state index in [-0.39, 0.29) is 12.3 Å². The van der Waals surface area contributed by atoms with Crippen LogP contribution in [0.2, 0.25) is 0 Å². The van der Waals surface area contributed by atoms with E-state index in [9.17, 15) is 0 Å². The second-order valence-electron chi connectivity index (χ2n) is 3.41. The van der Waals surface area contributed by atoms with Crippen LogP contribution in [-0.2, 0) is 16.5 Å². The quantitative estimate of drug-likeness (QED) is 0.728. The molecule has 1 aromatic rings. The molecule has 1 saturated heterocycles. The average molecular weight is 197 g/mol. The Kier molecular flexibility index (Phi) is 2.81. The SMILES string of the molecule is COC1CNC(c2cnn(C)c2)CO1. The highest BCUT2D eigenvalue weighted by molar-refractivity contribution is 5.10. The van der Waals surface area contributed by atoms with Crippen molar-refractivity contribution in [2.45, 2.75) is 12.3 Å². The predicted molar refractivity (Wildman–Crippen MR) is 50.7 cm³/mol. The minimum atomic E-state index is -0.122. The molecular weight excluding hydrogens is 182 g/mol. The Morgan fingerprint density at radius 3 is 3.07 bits per heavy atom. The van der Waals surface area contributed by atoms with E-state index in [0.717, 1.165) is 12.1 Å². The molecule has 0 saturated carbocycles. The molecule has 5 heteroatoms. The zero-order valence-corrected chi connectivity index (χ0v) is 8.43. The van der Waals surface area contributed by atoms with E-state index in [4.69, 9.17) is 9.47 Å². The van der Waals surface area contributed by atoms with Crippen molar-refractivity contribution in [3.8, 4) is 0 Å². The number of aryl methyl sites for hydroxylation is 1. The Hall–Kier alpha value is -0.910. The summed E-state index contributed by atoms with van der Waals surface area (Å²) in [4.78, 5) is 0. The number of ether oxygens (including phenoxy) is 2. The molecule has 1 N–H and O–H groups in total. The molecule has 0 radical (unpaired) electrons. The minimum Gasteiger partial charge on any atom is -0.355 e. The van der Waals surface area contributed by atoms with Crippen LogP contribution >= 0.6 is 0 Å². The lowest BCUT2D eigenvalue weighted by Gasteiger charge is -2.28. The molecule has 1 aliphatic heterocycles. The van der Waals surface area contributed by atoms with Crippen molar-refractivity contribution in [1.82, 2.24) is 15.1 Å². The highest BCUT2D eigenvalue weighted by atomic mass is 16.7. The van der Waals surface area contributed by atoms with E-state index in [1.807, 2.05) is 19.4 Å². The topological polar surface area (TPSA) is 48.3 Å². The summed E-state index contributed by atoms with van der Waals surface area (Å²) in [6.45, 7) is 1.35. The van der Waals surface area contributed by atoms with Gasteiger partial charge in [-0.25, -0.2) is 0 Å². The summed E-state index contributed by atoms with van der Waals surface area (Å²) in [6, 6.07) is 0.232. The van der Waals surface area contributed by atoms with E-state index in [1.54, 1.807) is 11.8 Å². The fourth-order valence-corrected chi connectivity index (χ4v) is 1.55. The Bertz CT molecular complexity index is 292. The van der Waals surface area contributed by atoms with E-state index in [0.29, 0.717) is 6.61 Å². The summed E-state index contributed by atoms with van der Waals surface area (Å²) in [7, 11) is 3.56. The Morgan fingerprint density at radius 2 is 2.57 bits per heavy atom. The van der Waals surface area contributed by atoms with Crippen molar-refractivity contribution in [3.05, 3.63) is 18.0 Å². The molecule has 2 rings (SSSR count). The summed E-state index contributed by atoms with van der Waals surface area (Å²) in [5.41, 5.74) is 1.15. The average Bonchev–Trinajstić information content (AvgIpc) is 2.65. The van der Waals surface area contributed by atoms with Crippen LogP contribution in [0.3, 0.4) is 0 Å². The molecule has 0 amide bonds. The third kappa shape index (κ3) is 1.95. The summed E-state index contributed by atoms with van der Waals surface area (Å²) in [6.07, 6.45) is 3.73. The number of hydrogen-bond donors (Lipinski definition) is 1. The zero-order chi connectivity index (χ0) is 9.97. The first-order valence-corrected chi connectivity index (χ1v) is 4.66. The number of hydrogen-bond acceptors (Lipinski definition) is 4. The van der Waals surface area contributed by atoms with Gasteiger partial charge in [-0.05, 0) is 0 Å². The molecule has 14 heavy (non-hydrogen) atoms. The van der Waals surface area contributed by atoms with Crippen LogP contribution in [-0.4, -0.2) is 36.3 Å². The van der Waals surface area contributed by atoms with Gasteiger partial charge in [-0.2, -0.15) is 5.10 Å². The second kappa shape index (κ2) is 4.08. The van der Waals surface area contributed by atoms with E-state index in [2.05, 4.69) is 10.4 Å². The first-order chi connectivity index (χ1) is 6.79. The van der Waals surface area contributed by atoms with E-state index >= 15 is 0 Å². The van der Waals surface area contributed by atoms with Crippen molar-refractivity contribution in [2.24, 2.45) is 7.05 Å². The zero-order valence-electron chi connectivity index (χ0n) is 8.43. The van der Waals surface area contributed by atoms with Gasteiger partial charge in [0.1, 0.15) is 0 Å². The van der Waals surface area contributed by atoms with Crippen molar-refractivity contribution in [2.75, 3.05) is 20.3 Å². The van der Waals surface area contributed by atoms with Gasteiger partial charge in [0, 0.05) is 32.5 Å². The van der Waals surface area contributed by atoms with Gasteiger partial charge in [0.2, 0.25) is 0 Å². The van der Waals surface area contributed by atoms with E-state index in [1.165, 1.54) is 0 Å². The molecule has 0 aliphatic carbocycles. The fourth-order valence-electron chi connectivity index (χ4n) is 1.55. The molecular formula is C9H15N3O2. The predicted octanol–water partition coefficient (Wildman–Crippen LogP) is 0.0535. The van der Waals surface area contributed by atoms with Crippen molar-refractivity contribution in [1.29, 1.82) is 0 Å². The van der Waals surface area contributed by atoms with Crippen LogP contribution in [0.4, 0.5) is 0 Å². The lowest BCUT2D eigenvalue weighted by atomic mass is 10.1. The lowest BCUT2D eigenvalue weighted by Crippen LogP contribution is -2.41. The first kappa shape index (κ1) is 9.64. The Balaban J connectivity index is 1.95. The summed E-state index contributed by atoms with van der Waals surface area (Å²) in [5, 5.41) is 7.47. The third-order valence-corrected chi connectivity index (χ3v) is 2.37. The van der Waals surface area contributed by atoms with Gasteiger partial charge < -0.3 is 14.8 Å². The lowest BCUT2D eigenvalue weighted by molar-refractivity contribution is -0.146. The van der Waals surface area contributed by atoms with Gasteiger partial charge in [-0.15, -0.1) is 0 Å². The van der Waals surface area contributed by atoms with Crippen molar-refractivity contribution in [3.63, 3.8) is 0 Å². The third-order valence-electron chi connectivity index (χ3n) is 2.37. The van der Waals surface area contributed by atoms with Crippen LogP contribution < -0.4 is 5.32 Å². The van der Waals surface area contributed by atoms with Crippen LogP contribution in [0.5, 0.6) is 0 Å². The standard InChI is InChI=1S/C9H15N3O2/c1-12-5-7(3-11-12)8-6-14-9(13-2)4-10-8/h3,5,8-10H,4,6H2,1-2H3. The van der Waals surface area contributed by atoms with Gasteiger partial charge in [0.05, 0.1) is 18.8 Å². The normalized spacial score (nSPS) is 27.9. The van der Waals surface area contributed by atoms with Gasteiger partial charge in [-0.3, -0.25) is 4.68 Å². The monoisotopic (exact) mass is 197 g/mol. The molecule has 0 spiro atoms. The Morgan fingerprint density at radius 1 is 1.71 bits per heavy atom. The van der Waals surface area contributed by atoms with Gasteiger partial charge >= 0.3 is 0 Å². The number of methoxy groups -OCH3 is 1. The number of nitrogens with zero attached hydrogens (tertiary/aromatic N) is 2. The molecule has 5 nitrogen and oxygen atoms in total. The van der Waals surface area contributed by atoms with Crippen LogP contribution in [0.1, 0.15) is 11.6 Å².